The van der Waals surface area contributed by atoms with Crippen LogP contribution < -0.4 is 0 Å². The van der Waals surface area contributed by atoms with Gasteiger partial charge in [-0.25, -0.2) is 0 Å². The summed E-state index contributed by atoms with van der Waals surface area (Å²) in [5.74, 6) is 0.149. The molecule has 1 atom stereocenters. The molecular formula is C12H16O2. The second-order valence-corrected chi connectivity index (χ2v) is 5.20. The van der Waals surface area contributed by atoms with E-state index in [4.69, 9.17) is 4.74 Å². The highest BCUT2D eigenvalue weighted by molar-refractivity contribution is 6.07. The van der Waals surface area contributed by atoms with Crippen LogP contribution in [0.4, 0.5) is 0 Å². The molecular weight excluding hydrogens is 176 g/mol. The van der Waals surface area contributed by atoms with E-state index >= 15 is 0 Å². The fourth-order valence-corrected chi connectivity index (χ4v) is 1.85. The molecule has 2 nitrogen and oxygen atoms in total. The minimum atomic E-state index is -0.582. The van der Waals surface area contributed by atoms with Crippen molar-refractivity contribution in [3.05, 3.63) is 23.3 Å². The van der Waals surface area contributed by atoms with Crippen molar-refractivity contribution in [2.24, 2.45) is 5.41 Å². The molecule has 2 aliphatic rings. The van der Waals surface area contributed by atoms with Crippen LogP contribution in [0.5, 0.6) is 0 Å². The van der Waals surface area contributed by atoms with Crippen molar-refractivity contribution in [1.29, 1.82) is 0 Å². The number of ether oxygens (including phenoxy) is 1. The monoisotopic (exact) mass is 192 g/mol. The average molecular weight is 192 g/mol. The molecule has 14 heavy (non-hydrogen) atoms. The summed E-state index contributed by atoms with van der Waals surface area (Å²) in [5, 5.41) is 0. The lowest BCUT2D eigenvalue weighted by atomic mass is 9.76. The van der Waals surface area contributed by atoms with Gasteiger partial charge in [0.15, 0.2) is 11.4 Å². The Morgan fingerprint density at radius 1 is 1.43 bits per heavy atom. The number of ketones is 1. The van der Waals surface area contributed by atoms with E-state index in [9.17, 15) is 4.79 Å². The minimum absolute atomic E-state index is 0.0917. The molecule has 1 saturated heterocycles. The maximum atomic E-state index is 12.1. The van der Waals surface area contributed by atoms with Crippen LogP contribution in [0.1, 0.15) is 27.7 Å². The third kappa shape index (κ3) is 1.34. The van der Waals surface area contributed by atoms with Crippen LogP contribution in [0.25, 0.3) is 0 Å². The summed E-state index contributed by atoms with van der Waals surface area (Å²) in [6.07, 6.45) is 3.92. The van der Waals surface area contributed by atoms with Crippen molar-refractivity contribution < 1.29 is 9.53 Å². The predicted octanol–water partition coefficient (Wildman–Crippen LogP) is 2.26. The van der Waals surface area contributed by atoms with Crippen molar-refractivity contribution in [3.8, 4) is 0 Å². The number of allylic oxidation sites excluding steroid dienone is 2. The smallest absolute Gasteiger partial charge is 0.197 e. The van der Waals surface area contributed by atoms with Gasteiger partial charge >= 0.3 is 0 Å². The van der Waals surface area contributed by atoms with E-state index in [2.05, 4.69) is 20.8 Å². The van der Waals surface area contributed by atoms with Gasteiger partial charge in [0.05, 0.1) is 6.61 Å². The van der Waals surface area contributed by atoms with Crippen molar-refractivity contribution in [3.63, 3.8) is 0 Å². The van der Waals surface area contributed by atoms with Crippen LogP contribution in [0.15, 0.2) is 23.3 Å². The van der Waals surface area contributed by atoms with E-state index in [1.165, 1.54) is 0 Å². The van der Waals surface area contributed by atoms with Gasteiger partial charge in [-0.15, -0.1) is 0 Å². The third-order valence-corrected chi connectivity index (χ3v) is 2.73. The Balaban J connectivity index is 2.43. The molecule has 0 radical (unpaired) electrons. The normalized spacial score (nSPS) is 31.6. The van der Waals surface area contributed by atoms with Gasteiger partial charge in [-0.2, -0.15) is 0 Å². The summed E-state index contributed by atoms with van der Waals surface area (Å²) in [6, 6.07) is 0. The molecule has 0 N–H and O–H groups in total. The predicted molar refractivity (Wildman–Crippen MR) is 55.0 cm³/mol. The molecule has 1 fully saturated rings. The molecule has 76 valence electrons. The molecule has 0 amide bonds. The number of hydrogen-bond donors (Lipinski definition) is 0. The first kappa shape index (κ1) is 9.66. The average Bonchev–Trinajstić information content (AvgIpc) is 2.76. The highest BCUT2D eigenvalue weighted by Gasteiger charge is 2.53. The molecule has 1 aliphatic carbocycles. The molecule has 1 heterocycles. The Bertz CT molecular complexity index is 349. The zero-order valence-electron chi connectivity index (χ0n) is 9.18. The van der Waals surface area contributed by atoms with Crippen molar-refractivity contribution >= 4 is 5.78 Å². The Morgan fingerprint density at radius 2 is 2.00 bits per heavy atom. The van der Waals surface area contributed by atoms with Gasteiger partial charge in [-0.1, -0.05) is 32.4 Å². The van der Waals surface area contributed by atoms with Gasteiger partial charge in [0.2, 0.25) is 0 Å². The molecule has 1 unspecified atom stereocenters. The number of Topliss-reactive ketones (excluding diaryl/α,β-unsaturated/α-hetero) is 1. The molecule has 0 bridgehead atoms. The maximum absolute atomic E-state index is 12.1. The Morgan fingerprint density at radius 3 is 2.43 bits per heavy atom. The largest absolute Gasteiger partial charge is 0.356 e. The van der Waals surface area contributed by atoms with Crippen LogP contribution >= 0.6 is 0 Å². The van der Waals surface area contributed by atoms with Crippen molar-refractivity contribution in [1.82, 2.24) is 0 Å². The highest BCUT2D eigenvalue weighted by atomic mass is 16.6. The molecule has 1 aliphatic heterocycles. The van der Waals surface area contributed by atoms with Gasteiger partial charge in [0.25, 0.3) is 0 Å². The topological polar surface area (TPSA) is 29.6 Å². The van der Waals surface area contributed by atoms with E-state index in [0.717, 1.165) is 11.1 Å². The van der Waals surface area contributed by atoms with Crippen LogP contribution in [-0.4, -0.2) is 18.0 Å². The molecule has 2 rings (SSSR count). The molecule has 1 spiro atoms. The number of carbonyl (C=O) groups excluding carboxylic acids is 1. The first-order valence-electron chi connectivity index (χ1n) is 4.96. The second-order valence-electron chi connectivity index (χ2n) is 5.20. The number of epoxide rings is 1. The zero-order chi connectivity index (χ0) is 10.6. The third-order valence-electron chi connectivity index (χ3n) is 2.73. The van der Waals surface area contributed by atoms with Gasteiger partial charge in [-0.3, -0.25) is 4.79 Å². The number of carbonyl (C=O) groups is 1. The Labute approximate surface area is 84.6 Å². The van der Waals surface area contributed by atoms with Gasteiger partial charge in [-0.05, 0) is 18.4 Å². The van der Waals surface area contributed by atoms with E-state index in [0.29, 0.717) is 6.61 Å². The highest BCUT2D eigenvalue weighted by Crippen LogP contribution is 2.42. The molecule has 0 aromatic rings. The summed E-state index contributed by atoms with van der Waals surface area (Å²) >= 11 is 0. The molecule has 0 aromatic carbocycles. The van der Waals surface area contributed by atoms with E-state index in [-0.39, 0.29) is 11.2 Å². The van der Waals surface area contributed by atoms with Crippen molar-refractivity contribution in [2.75, 3.05) is 6.61 Å². The first-order chi connectivity index (χ1) is 6.35. The first-order valence-corrected chi connectivity index (χ1v) is 4.96. The van der Waals surface area contributed by atoms with Gasteiger partial charge in [0, 0.05) is 5.57 Å². The summed E-state index contributed by atoms with van der Waals surface area (Å²) in [7, 11) is 0. The van der Waals surface area contributed by atoms with Gasteiger partial charge in [0.1, 0.15) is 0 Å². The van der Waals surface area contributed by atoms with Crippen LogP contribution in [-0.2, 0) is 9.53 Å². The second kappa shape index (κ2) is 2.57. The van der Waals surface area contributed by atoms with Crippen LogP contribution in [0.3, 0.4) is 0 Å². The minimum Gasteiger partial charge on any atom is -0.356 e. The van der Waals surface area contributed by atoms with Crippen LogP contribution in [0, 0.1) is 5.41 Å². The molecule has 2 heteroatoms. The lowest BCUT2D eigenvalue weighted by Gasteiger charge is -2.26. The summed E-state index contributed by atoms with van der Waals surface area (Å²) in [5.41, 5.74) is 1.34. The van der Waals surface area contributed by atoms with E-state index in [1.807, 2.05) is 19.1 Å². The standard InChI is InChI=1S/C12H16O2/c1-8-5-9(11(2,3)4)10(13)12(6-8)7-14-12/h5-6H,7H2,1-4H3. The summed E-state index contributed by atoms with van der Waals surface area (Å²) in [6.45, 7) is 8.75. The fourth-order valence-electron chi connectivity index (χ4n) is 1.85. The fraction of sp³-hybridized carbons (Fsp3) is 0.583. The quantitative estimate of drug-likeness (QED) is 0.551. The summed E-state index contributed by atoms with van der Waals surface area (Å²) in [4.78, 5) is 12.1. The van der Waals surface area contributed by atoms with Crippen LogP contribution in [0.2, 0.25) is 0 Å². The maximum Gasteiger partial charge on any atom is 0.197 e. The number of rotatable bonds is 0. The van der Waals surface area contributed by atoms with Gasteiger partial charge < -0.3 is 4.74 Å². The lowest BCUT2D eigenvalue weighted by molar-refractivity contribution is -0.120. The summed E-state index contributed by atoms with van der Waals surface area (Å²) < 4.78 is 5.28. The number of hydrogen-bond acceptors (Lipinski definition) is 2. The molecule has 0 aromatic heterocycles. The lowest BCUT2D eigenvalue weighted by Crippen LogP contribution is -2.32. The Kier molecular flexibility index (Phi) is 1.77. The van der Waals surface area contributed by atoms with E-state index in [1.54, 1.807) is 0 Å². The Hall–Kier alpha value is -0.890. The molecule has 0 saturated carbocycles. The SMILES string of the molecule is CC1=CC2(CO2)C(=O)C(C(C)(C)C)=C1. The van der Waals surface area contributed by atoms with E-state index < -0.39 is 5.60 Å². The zero-order valence-corrected chi connectivity index (χ0v) is 9.18. The van der Waals surface area contributed by atoms with Crippen molar-refractivity contribution in [2.45, 2.75) is 33.3 Å².